The summed E-state index contributed by atoms with van der Waals surface area (Å²) in [4.78, 5) is 5.57. The number of hydrogen-bond donors (Lipinski definition) is 2. The Kier molecular flexibility index (Phi) is 7.58. The molecule has 1 aromatic carbocycles. The van der Waals surface area contributed by atoms with E-state index in [4.69, 9.17) is 4.74 Å². The molecular weight excluding hydrogens is 384 g/mol. The van der Waals surface area contributed by atoms with Gasteiger partial charge >= 0.3 is 0 Å². The number of ether oxygens (including phenoxy) is 1. The second-order valence-electron chi connectivity index (χ2n) is 10.4. The Morgan fingerprint density at radius 1 is 0.903 bits per heavy atom. The van der Waals surface area contributed by atoms with Gasteiger partial charge in [0.25, 0.3) is 0 Å². The highest BCUT2D eigenvalue weighted by atomic mass is 16.5. The molecule has 3 atom stereocenters. The Morgan fingerprint density at radius 3 is 2.45 bits per heavy atom. The highest BCUT2D eigenvalue weighted by molar-refractivity contribution is 5.20. The van der Waals surface area contributed by atoms with Gasteiger partial charge in [-0.3, -0.25) is 5.43 Å². The van der Waals surface area contributed by atoms with Crippen LogP contribution in [0.2, 0.25) is 0 Å². The monoisotopic (exact) mass is 426 g/mol. The van der Waals surface area contributed by atoms with E-state index < -0.39 is 0 Å². The van der Waals surface area contributed by atoms with Gasteiger partial charge in [0.15, 0.2) is 0 Å². The first kappa shape index (κ1) is 21.8. The van der Waals surface area contributed by atoms with Gasteiger partial charge in [0.1, 0.15) is 0 Å². The minimum absolute atomic E-state index is 0.400. The number of likely N-dealkylation sites (tertiary alicyclic amines) is 1. The number of hydrogen-bond acceptors (Lipinski definition) is 5. The van der Waals surface area contributed by atoms with Gasteiger partial charge in [-0.05, 0) is 63.1 Å². The van der Waals surface area contributed by atoms with Crippen molar-refractivity contribution in [1.29, 1.82) is 0 Å². The summed E-state index contributed by atoms with van der Waals surface area (Å²) in [5, 5.41) is 0. The van der Waals surface area contributed by atoms with Gasteiger partial charge in [0, 0.05) is 44.7 Å². The van der Waals surface area contributed by atoms with Crippen LogP contribution in [0.25, 0.3) is 0 Å². The third-order valence-corrected chi connectivity index (χ3v) is 8.24. The molecule has 3 unspecified atom stereocenters. The molecule has 1 aliphatic carbocycles. The number of rotatable bonds is 8. The Hall–Kier alpha value is -0.980. The Morgan fingerprint density at radius 2 is 1.71 bits per heavy atom. The molecule has 31 heavy (non-hydrogen) atoms. The lowest BCUT2D eigenvalue weighted by Gasteiger charge is -2.39. The van der Waals surface area contributed by atoms with E-state index in [1.807, 2.05) is 0 Å². The van der Waals surface area contributed by atoms with E-state index in [1.54, 1.807) is 0 Å². The van der Waals surface area contributed by atoms with Crippen LogP contribution in [-0.4, -0.2) is 67.8 Å². The molecule has 0 spiro atoms. The number of hydrazine groups is 1. The van der Waals surface area contributed by atoms with Crippen LogP contribution < -0.4 is 10.9 Å². The average molecular weight is 427 g/mol. The first-order valence-corrected chi connectivity index (χ1v) is 13.0. The largest absolute Gasteiger partial charge is 0.377 e. The molecule has 3 heterocycles. The topological polar surface area (TPSA) is 39.8 Å². The maximum Gasteiger partial charge on any atom is 0.0702 e. The number of nitrogens with one attached hydrogen (secondary N) is 2. The zero-order chi connectivity index (χ0) is 20.9. The molecule has 1 aromatic rings. The minimum atomic E-state index is 0.400. The summed E-state index contributed by atoms with van der Waals surface area (Å²) < 4.78 is 6.05. The van der Waals surface area contributed by atoms with Crippen molar-refractivity contribution in [2.24, 2.45) is 11.8 Å². The molecule has 0 amide bonds. The quantitative estimate of drug-likeness (QED) is 0.665. The zero-order valence-electron chi connectivity index (χ0n) is 19.2. The van der Waals surface area contributed by atoms with E-state index in [0.717, 1.165) is 38.2 Å². The van der Waals surface area contributed by atoms with Crippen LogP contribution in [0.15, 0.2) is 30.3 Å². The highest BCUT2D eigenvalue weighted by Gasteiger charge is 2.33. The predicted octanol–water partition coefficient (Wildman–Crippen LogP) is 3.59. The van der Waals surface area contributed by atoms with E-state index in [9.17, 15) is 0 Å². The van der Waals surface area contributed by atoms with Crippen LogP contribution in [0.3, 0.4) is 0 Å². The van der Waals surface area contributed by atoms with Crippen molar-refractivity contribution in [3.05, 3.63) is 35.9 Å². The summed E-state index contributed by atoms with van der Waals surface area (Å²) in [6.45, 7) is 8.16. The van der Waals surface area contributed by atoms with E-state index in [1.165, 1.54) is 76.6 Å². The Bertz CT molecular complexity index is 651. The van der Waals surface area contributed by atoms with Crippen molar-refractivity contribution in [3.8, 4) is 0 Å². The maximum absolute atomic E-state index is 6.05. The van der Waals surface area contributed by atoms with Crippen molar-refractivity contribution in [2.75, 3.05) is 45.9 Å². The molecule has 5 heteroatoms. The van der Waals surface area contributed by atoms with Crippen molar-refractivity contribution < 1.29 is 4.74 Å². The van der Waals surface area contributed by atoms with Gasteiger partial charge in [0.05, 0.1) is 12.1 Å². The maximum atomic E-state index is 6.05. The molecule has 5 nitrogen and oxygen atoms in total. The number of nitrogens with zero attached hydrogens (tertiary/aromatic N) is 2. The summed E-state index contributed by atoms with van der Waals surface area (Å²) in [5.74, 6) is 1.44. The lowest BCUT2D eigenvalue weighted by molar-refractivity contribution is 0.0505. The molecule has 172 valence electrons. The molecule has 1 saturated carbocycles. The van der Waals surface area contributed by atoms with Crippen molar-refractivity contribution in [1.82, 2.24) is 20.7 Å². The third kappa shape index (κ3) is 5.69. The second kappa shape index (κ2) is 10.8. The number of piperidine rings is 1. The van der Waals surface area contributed by atoms with Gasteiger partial charge in [-0.25, -0.2) is 5.43 Å². The van der Waals surface area contributed by atoms with Gasteiger partial charge in [-0.1, -0.05) is 43.2 Å². The lowest BCUT2D eigenvalue weighted by Crippen LogP contribution is -2.45. The third-order valence-electron chi connectivity index (χ3n) is 8.24. The standard InChI is InChI=1S/C26H42N4O/c1-2-7-22(8-3-1)26-23(17-27-28-26)19-29(20-25-11-6-16-31-25)18-21-12-14-30(15-13-21)24-9-4-5-10-24/h1-3,7-8,21,23-28H,4-6,9-20H2. The smallest absolute Gasteiger partial charge is 0.0702 e. The van der Waals surface area contributed by atoms with Crippen molar-refractivity contribution >= 4 is 0 Å². The second-order valence-corrected chi connectivity index (χ2v) is 10.4. The van der Waals surface area contributed by atoms with Gasteiger partial charge in [-0.15, -0.1) is 0 Å². The van der Waals surface area contributed by atoms with E-state index in [-0.39, 0.29) is 0 Å². The summed E-state index contributed by atoms with van der Waals surface area (Å²) in [7, 11) is 0. The molecule has 4 aliphatic rings. The van der Waals surface area contributed by atoms with Crippen molar-refractivity contribution in [3.63, 3.8) is 0 Å². The van der Waals surface area contributed by atoms with Crippen LogP contribution in [0, 0.1) is 11.8 Å². The lowest BCUT2D eigenvalue weighted by atomic mass is 9.92. The highest BCUT2D eigenvalue weighted by Crippen LogP contribution is 2.30. The summed E-state index contributed by atoms with van der Waals surface area (Å²) in [5.41, 5.74) is 8.40. The molecular formula is C26H42N4O. The first-order valence-electron chi connectivity index (χ1n) is 13.0. The van der Waals surface area contributed by atoms with Gasteiger partial charge < -0.3 is 14.5 Å². The normalized spacial score (nSPS) is 31.2. The summed E-state index contributed by atoms with van der Waals surface area (Å²) in [6, 6.07) is 12.3. The van der Waals surface area contributed by atoms with Crippen molar-refractivity contribution in [2.45, 2.75) is 69.6 Å². The minimum Gasteiger partial charge on any atom is -0.377 e. The Labute approximate surface area is 188 Å². The SMILES string of the molecule is c1ccc(C2NNCC2CN(CC2CCN(C3CCCC3)CC2)CC2CCCO2)cc1. The predicted molar refractivity (Wildman–Crippen MR) is 126 cm³/mol. The summed E-state index contributed by atoms with van der Waals surface area (Å²) >= 11 is 0. The number of benzene rings is 1. The van der Waals surface area contributed by atoms with Gasteiger partial charge in [-0.2, -0.15) is 0 Å². The molecule has 0 radical (unpaired) electrons. The van der Waals surface area contributed by atoms with Crippen LogP contribution in [0.4, 0.5) is 0 Å². The fourth-order valence-corrected chi connectivity index (χ4v) is 6.49. The fraction of sp³-hybridized carbons (Fsp3) is 0.769. The molecule has 4 fully saturated rings. The summed E-state index contributed by atoms with van der Waals surface area (Å²) in [6.07, 6.45) is 11.5. The molecule has 0 bridgehead atoms. The first-order chi connectivity index (χ1) is 15.3. The van der Waals surface area contributed by atoms with E-state index >= 15 is 0 Å². The Balaban J connectivity index is 1.19. The van der Waals surface area contributed by atoms with Crippen LogP contribution >= 0.6 is 0 Å². The molecule has 3 aliphatic heterocycles. The van der Waals surface area contributed by atoms with Crippen LogP contribution in [0.5, 0.6) is 0 Å². The van der Waals surface area contributed by atoms with E-state index in [2.05, 4.69) is 51.0 Å². The molecule has 0 aromatic heterocycles. The van der Waals surface area contributed by atoms with Gasteiger partial charge in [0.2, 0.25) is 0 Å². The van der Waals surface area contributed by atoms with Crippen LogP contribution in [-0.2, 0) is 4.74 Å². The zero-order valence-corrected chi connectivity index (χ0v) is 19.2. The average Bonchev–Trinajstić information content (AvgIpc) is 3.58. The molecule has 2 N–H and O–H groups in total. The molecule has 3 saturated heterocycles. The fourth-order valence-electron chi connectivity index (χ4n) is 6.49. The van der Waals surface area contributed by atoms with E-state index in [0.29, 0.717) is 18.1 Å². The van der Waals surface area contributed by atoms with Crippen LogP contribution in [0.1, 0.15) is 63.0 Å². The molecule has 5 rings (SSSR count).